The minimum absolute atomic E-state index is 0.0281. The lowest BCUT2D eigenvalue weighted by Gasteiger charge is -2.29. The molecule has 0 aromatic heterocycles. The van der Waals surface area contributed by atoms with Crippen molar-refractivity contribution in [3.05, 3.63) is 12.2 Å². The van der Waals surface area contributed by atoms with E-state index < -0.39 is 5.60 Å². The summed E-state index contributed by atoms with van der Waals surface area (Å²) < 4.78 is 11.2. The molecule has 0 radical (unpaired) electrons. The highest BCUT2D eigenvalue weighted by molar-refractivity contribution is 6.11. The summed E-state index contributed by atoms with van der Waals surface area (Å²) in [4.78, 5) is 0. The summed E-state index contributed by atoms with van der Waals surface area (Å²) in [6.07, 6.45) is -0.111. The number of aliphatic hydroxyl groups is 1. The molecule has 4 heteroatoms. The first-order valence-electron chi connectivity index (χ1n) is 4.93. The van der Waals surface area contributed by atoms with Crippen molar-refractivity contribution in [3.8, 4) is 0 Å². The average molecular weight is 198 g/mol. The number of rotatable bonds is 3. The molecule has 1 N–H and O–H groups in total. The van der Waals surface area contributed by atoms with Gasteiger partial charge in [-0.25, -0.2) is 0 Å². The largest absolute Gasteiger partial charge is 0.393 e. The fourth-order valence-electron chi connectivity index (χ4n) is 2.37. The summed E-state index contributed by atoms with van der Waals surface area (Å²) >= 11 is 0. The molecule has 0 aliphatic carbocycles. The van der Waals surface area contributed by atoms with E-state index in [1.807, 2.05) is 21.7 Å². The van der Waals surface area contributed by atoms with E-state index in [1.54, 1.807) is 7.11 Å². The van der Waals surface area contributed by atoms with Gasteiger partial charge in [0.05, 0.1) is 12.7 Å². The second kappa shape index (κ2) is 4.05. The molecule has 1 rings (SSSR count). The van der Waals surface area contributed by atoms with E-state index in [0.29, 0.717) is 0 Å². The van der Waals surface area contributed by atoms with E-state index in [1.165, 1.54) is 0 Å². The molecular weight excluding hydrogens is 179 g/mol. The molecule has 14 heavy (non-hydrogen) atoms. The normalized spacial score (nSPS) is 42.7. The standard InChI is InChI=1S/C10H19BO3/c1-6(2)7-8(13-4)10(3,5-12)14-9(7)11/h7-9,12H,1,5,11H2,2-4H3/t7-,8?,9?,10-/m1/s1. The van der Waals surface area contributed by atoms with Gasteiger partial charge in [-0.2, -0.15) is 0 Å². The molecule has 0 aromatic rings. The van der Waals surface area contributed by atoms with Crippen LogP contribution in [0.25, 0.3) is 0 Å². The fourth-order valence-corrected chi connectivity index (χ4v) is 2.37. The van der Waals surface area contributed by atoms with Crippen LogP contribution in [0.15, 0.2) is 12.2 Å². The Hall–Kier alpha value is -0.315. The lowest BCUT2D eigenvalue weighted by atomic mass is 9.78. The molecule has 4 atom stereocenters. The van der Waals surface area contributed by atoms with E-state index in [9.17, 15) is 5.11 Å². The van der Waals surface area contributed by atoms with Crippen molar-refractivity contribution >= 4 is 7.85 Å². The monoisotopic (exact) mass is 198 g/mol. The van der Waals surface area contributed by atoms with Gasteiger partial charge in [-0.05, 0) is 13.8 Å². The zero-order chi connectivity index (χ0) is 10.9. The van der Waals surface area contributed by atoms with E-state index in [0.717, 1.165) is 5.57 Å². The Kier molecular flexibility index (Phi) is 3.40. The summed E-state index contributed by atoms with van der Waals surface area (Å²) in [7, 11) is 3.64. The summed E-state index contributed by atoms with van der Waals surface area (Å²) in [6, 6.07) is 0.0506. The van der Waals surface area contributed by atoms with Crippen molar-refractivity contribution in [2.24, 2.45) is 5.92 Å². The van der Waals surface area contributed by atoms with Gasteiger partial charge in [-0.1, -0.05) is 12.2 Å². The van der Waals surface area contributed by atoms with Gasteiger partial charge in [0, 0.05) is 19.0 Å². The molecule has 2 unspecified atom stereocenters. The molecule has 1 heterocycles. The lowest BCUT2D eigenvalue weighted by Crippen LogP contribution is -2.43. The first-order chi connectivity index (χ1) is 6.46. The fraction of sp³-hybridized carbons (Fsp3) is 0.800. The third-order valence-corrected chi connectivity index (χ3v) is 3.03. The number of aliphatic hydroxyl groups excluding tert-OH is 1. The van der Waals surface area contributed by atoms with E-state index in [2.05, 4.69) is 6.58 Å². The molecule has 1 aliphatic rings. The molecule has 0 saturated carbocycles. The molecule has 0 amide bonds. The Balaban J connectivity index is 2.93. The zero-order valence-corrected chi connectivity index (χ0v) is 9.41. The van der Waals surface area contributed by atoms with Crippen molar-refractivity contribution < 1.29 is 14.6 Å². The second-order valence-corrected chi connectivity index (χ2v) is 4.32. The van der Waals surface area contributed by atoms with Gasteiger partial charge in [-0.3, -0.25) is 0 Å². The topological polar surface area (TPSA) is 38.7 Å². The number of hydrogen-bond donors (Lipinski definition) is 1. The molecule has 0 bridgehead atoms. The highest BCUT2D eigenvalue weighted by Crippen LogP contribution is 2.38. The van der Waals surface area contributed by atoms with Crippen molar-refractivity contribution in [2.75, 3.05) is 13.7 Å². The molecular formula is C10H19BO3. The van der Waals surface area contributed by atoms with E-state index in [4.69, 9.17) is 9.47 Å². The SMILES string of the molecule is BC1O[C@](C)(CO)C(OC)[C@H]1C(=C)C. The maximum atomic E-state index is 9.31. The second-order valence-electron chi connectivity index (χ2n) is 4.32. The molecule has 3 nitrogen and oxygen atoms in total. The third-order valence-electron chi connectivity index (χ3n) is 3.03. The van der Waals surface area contributed by atoms with Crippen LogP contribution in [-0.4, -0.2) is 44.4 Å². The third kappa shape index (κ3) is 1.74. The lowest BCUT2D eigenvalue weighted by molar-refractivity contribution is -0.0963. The zero-order valence-electron chi connectivity index (χ0n) is 9.41. The smallest absolute Gasteiger partial charge is 0.140 e. The predicted octanol–water partition coefficient (Wildman–Crippen LogP) is -0.0659. The van der Waals surface area contributed by atoms with Crippen molar-refractivity contribution in [2.45, 2.75) is 31.6 Å². The maximum Gasteiger partial charge on any atom is 0.140 e. The van der Waals surface area contributed by atoms with Crippen LogP contribution in [0.4, 0.5) is 0 Å². The number of ether oxygens (including phenoxy) is 2. The van der Waals surface area contributed by atoms with Crippen LogP contribution in [-0.2, 0) is 9.47 Å². The molecule has 0 spiro atoms. The van der Waals surface area contributed by atoms with Crippen LogP contribution in [0.2, 0.25) is 0 Å². The Morgan fingerprint density at radius 1 is 1.71 bits per heavy atom. The van der Waals surface area contributed by atoms with E-state index >= 15 is 0 Å². The summed E-state index contributed by atoms with van der Waals surface area (Å²) in [5, 5.41) is 9.31. The molecule has 1 aliphatic heterocycles. The number of methoxy groups -OCH3 is 1. The highest BCUT2D eigenvalue weighted by atomic mass is 16.6. The molecule has 80 valence electrons. The Labute approximate surface area is 86.5 Å². The first-order valence-corrected chi connectivity index (χ1v) is 4.93. The van der Waals surface area contributed by atoms with E-state index in [-0.39, 0.29) is 24.6 Å². The van der Waals surface area contributed by atoms with Crippen LogP contribution in [0.5, 0.6) is 0 Å². The minimum atomic E-state index is -0.599. The Bertz CT molecular complexity index is 231. The van der Waals surface area contributed by atoms with Gasteiger partial charge < -0.3 is 14.6 Å². The highest BCUT2D eigenvalue weighted by Gasteiger charge is 2.50. The van der Waals surface area contributed by atoms with Gasteiger partial charge in [0.2, 0.25) is 0 Å². The predicted molar refractivity (Wildman–Crippen MR) is 58.0 cm³/mol. The van der Waals surface area contributed by atoms with Gasteiger partial charge in [-0.15, -0.1) is 0 Å². The van der Waals surface area contributed by atoms with Crippen molar-refractivity contribution in [1.29, 1.82) is 0 Å². The number of hydrogen-bond acceptors (Lipinski definition) is 3. The Morgan fingerprint density at radius 2 is 2.29 bits per heavy atom. The molecule has 1 saturated heterocycles. The van der Waals surface area contributed by atoms with Crippen LogP contribution >= 0.6 is 0 Å². The van der Waals surface area contributed by atoms with Crippen molar-refractivity contribution in [3.63, 3.8) is 0 Å². The van der Waals surface area contributed by atoms with Gasteiger partial charge >= 0.3 is 0 Å². The van der Waals surface area contributed by atoms with Crippen LogP contribution in [0, 0.1) is 5.92 Å². The van der Waals surface area contributed by atoms with Gasteiger partial charge in [0.15, 0.2) is 0 Å². The summed E-state index contributed by atoms with van der Waals surface area (Å²) in [5.74, 6) is 0.164. The van der Waals surface area contributed by atoms with Crippen molar-refractivity contribution in [1.82, 2.24) is 0 Å². The van der Waals surface area contributed by atoms with Crippen LogP contribution in [0.3, 0.4) is 0 Å². The maximum absolute atomic E-state index is 9.31. The molecule has 1 fully saturated rings. The van der Waals surface area contributed by atoms with Gasteiger partial charge in [0.1, 0.15) is 13.4 Å². The summed E-state index contributed by atoms with van der Waals surface area (Å²) in [6.45, 7) is 7.76. The average Bonchev–Trinajstić information content (AvgIpc) is 2.37. The quantitative estimate of drug-likeness (QED) is 0.509. The summed E-state index contributed by atoms with van der Waals surface area (Å²) in [5.41, 5.74) is 0.444. The van der Waals surface area contributed by atoms with Crippen LogP contribution < -0.4 is 0 Å². The first kappa shape index (κ1) is 11.8. The van der Waals surface area contributed by atoms with Crippen LogP contribution in [0.1, 0.15) is 13.8 Å². The minimum Gasteiger partial charge on any atom is -0.393 e. The Morgan fingerprint density at radius 3 is 2.64 bits per heavy atom. The molecule has 0 aromatic carbocycles. The van der Waals surface area contributed by atoms with Gasteiger partial charge in [0.25, 0.3) is 0 Å².